The Bertz CT molecular complexity index is 682. The molecular formula is C14H10FN3O3. The minimum Gasteiger partial charge on any atom is -0.267 e. The van der Waals surface area contributed by atoms with Crippen LogP contribution in [-0.2, 0) is 0 Å². The SMILES string of the molecule is O=C(N/N=C/c1ccc([N+](=O)[O-])cc1)c1ccc(F)cc1. The quantitative estimate of drug-likeness (QED) is 0.532. The van der Waals surface area contributed by atoms with Gasteiger partial charge in [-0.1, -0.05) is 0 Å². The van der Waals surface area contributed by atoms with Gasteiger partial charge in [0, 0.05) is 17.7 Å². The predicted molar refractivity (Wildman–Crippen MR) is 74.6 cm³/mol. The van der Waals surface area contributed by atoms with E-state index in [1.165, 1.54) is 54.7 Å². The molecule has 0 atom stereocenters. The van der Waals surface area contributed by atoms with Gasteiger partial charge in [-0.25, -0.2) is 9.82 Å². The minimum absolute atomic E-state index is 0.0255. The molecule has 0 saturated carbocycles. The maximum Gasteiger partial charge on any atom is 0.271 e. The van der Waals surface area contributed by atoms with Crippen LogP contribution in [0, 0.1) is 15.9 Å². The summed E-state index contributed by atoms with van der Waals surface area (Å²) in [6.45, 7) is 0. The first-order valence-corrected chi connectivity index (χ1v) is 5.90. The van der Waals surface area contributed by atoms with Crippen molar-refractivity contribution in [1.29, 1.82) is 0 Å². The van der Waals surface area contributed by atoms with Crippen molar-refractivity contribution in [2.45, 2.75) is 0 Å². The van der Waals surface area contributed by atoms with Crippen molar-refractivity contribution < 1.29 is 14.1 Å². The third-order valence-electron chi connectivity index (χ3n) is 2.59. The maximum absolute atomic E-state index is 12.7. The second kappa shape index (κ2) is 6.38. The van der Waals surface area contributed by atoms with Gasteiger partial charge in [-0.05, 0) is 42.0 Å². The molecule has 0 spiro atoms. The topological polar surface area (TPSA) is 84.6 Å². The second-order valence-corrected chi connectivity index (χ2v) is 4.05. The number of nitrogens with one attached hydrogen (secondary N) is 1. The molecule has 1 amide bonds. The molecule has 0 bridgehead atoms. The van der Waals surface area contributed by atoms with E-state index in [-0.39, 0.29) is 11.3 Å². The number of hydrazone groups is 1. The van der Waals surface area contributed by atoms with E-state index in [2.05, 4.69) is 10.5 Å². The van der Waals surface area contributed by atoms with Crippen LogP contribution in [0.4, 0.5) is 10.1 Å². The fraction of sp³-hybridized carbons (Fsp3) is 0. The van der Waals surface area contributed by atoms with Gasteiger partial charge in [0.1, 0.15) is 5.82 Å². The van der Waals surface area contributed by atoms with Crippen molar-refractivity contribution in [3.05, 3.63) is 75.6 Å². The number of hydrogen-bond acceptors (Lipinski definition) is 4. The molecular weight excluding hydrogens is 277 g/mol. The Kier molecular flexibility index (Phi) is 4.35. The molecule has 0 aromatic heterocycles. The first-order valence-electron chi connectivity index (χ1n) is 5.90. The monoisotopic (exact) mass is 287 g/mol. The van der Waals surface area contributed by atoms with E-state index in [0.29, 0.717) is 5.56 Å². The van der Waals surface area contributed by atoms with Crippen LogP contribution in [0.5, 0.6) is 0 Å². The number of nitro benzene ring substituents is 1. The Labute approximate surface area is 119 Å². The van der Waals surface area contributed by atoms with E-state index in [9.17, 15) is 19.3 Å². The molecule has 0 fully saturated rings. The molecule has 0 aliphatic carbocycles. The first kappa shape index (κ1) is 14.3. The van der Waals surface area contributed by atoms with Gasteiger partial charge in [-0.2, -0.15) is 5.10 Å². The van der Waals surface area contributed by atoms with Crippen LogP contribution in [-0.4, -0.2) is 17.0 Å². The van der Waals surface area contributed by atoms with E-state index >= 15 is 0 Å². The fourth-order valence-electron chi connectivity index (χ4n) is 1.51. The molecule has 0 saturated heterocycles. The molecule has 0 aliphatic rings. The summed E-state index contributed by atoms with van der Waals surface area (Å²) < 4.78 is 12.7. The number of carbonyl (C=O) groups is 1. The lowest BCUT2D eigenvalue weighted by Crippen LogP contribution is -2.17. The van der Waals surface area contributed by atoms with Crippen molar-refractivity contribution >= 4 is 17.8 Å². The van der Waals surface area contributed by atoms with Crippen LogP contribution >= 0.6 is 0 Å². The van der Waals surface area contributed by atoms with Crippen molar-refractivity contribution in [1.82, 2.24) is 5.43 Å². The van der Waals surface area contributed by atoms with Gasteiger partial charge in [-0.15, -0.1) is 0 Å². The molecule has 2 aromatic carbocycles. The lowest BCUT2D eigenvalue weighted by Gasteiger charge is -1.99. The molecule has 0 aliphatic heterocycles. The summed E-state index contributed by atoms with van der Waals surface area (Å²) in [5.41, 5.74) is 3.13. The van der Waals surface area contributed by atoms with Crippen LogP contribution in [0.3, 0.4) is 0 Å². The van der Waals surface area contributed by atoms with Crippen molar-refractivity contribution in [3.63, 3.8) is 0 Å². The third kappa shape index (κ3) is 3.93. The number of nitro groups is 1. The van der Waals surface area contributed by atoms with Gasteiger partial charge in [0.25, 0.3) is 11.6 Å². The normalized spacial score (nSPS) is 10.5. The average Bonchev–Trinajstić information content (AvgIpc) is 2.48. The summed E-state index contributed by atoms with van der Waals surface area (Å²) in [5.74, 6) is -0.908. The summed E-state index contributed by atoms with van der Waals surface area (Å²) >= 11 is 0. The zero-order valence-corrected chi connectivity index (χ0v) is 10.7. The van der Waals surface area contributed by atoms with Gasteiger partial charge in [0.2, 0.25) is 0 Å². The summed E-state index contributed by atoms with van der Waals surface area (Å²) in [5, 5.41) is 14.2. The largest absolute Gasteiger partial charge is 0.271 e. The number of benzene rings is 2. The highest BCUT2D eigenvalue weighted by atomic mass is 19.1. The Morgan fingerprint density at radius 2 is 1.76 bits per heavy atom. The Morgan fingerprint density at radius 3 is 2.33 bits per heavy atom. The molecule has 0 heterocycles. The molecule has 21 heavy (non-hydrogen) atoms. The Morgan fingerprint density at radius 1 is 1.14 bits per heavy atom. The lowest BCUT2D eigenvalue weighted by atomic mass is 10.2. The van der Waals surface area contributed by atoms with Crippen LogP contribution < -0.4 is 5.43 Å². The number of rotatable bonds is 4. The molecule has 0 unspecified atom stereocenters. The van der Waals surface area contributed by atoms with E-state index < -0.39 is 16.6 Å². The standard InChI is InChI=1S/C14H10FN3O3/c15-12-5-3-11(4-6-12)14(19)17-16-9-10-1-7-13(8-2-10)18(20)21/h1-9H,(H,17,19)/b16-9+. The van der Waals surface area contributed by atoms with E-state index in [0.717, 1.165) is 0 Å². The van der Waals surface area contributed by atoms with E-state index in [4.69, 9.17) is 0 Å². The molecule has 7 heteroatoms. The predicted octanol–water partition coefficient (Wildman–Crippen LogP) is 2.50. The van der Waals surface area contributed by atoms with Crippen LogP contribution in [0.2, 0.25) is 0 Å². The Hall–Kier alpha value is -3.09. The third-order valence-corrected chi connectivity index (χ3v) is 2.59. The summed E-state index contributed by atoms with van der Waals surface area (Å²) in [6, 6.07) is 10.7. The summed E-state index contributed by atoms with van der Waals surface area (Å²) in [7, 11) is 0. The second-order valence-electron chi connectivity index (χ2n) is 4.05. The first-order chi connectivity index (χ1) is 10.1. The maximum atomic E-state index is 12.7. The highest BCUT2D eigenvalue weighted by Gasteiger charge is 2.04. The number of nitrogens with zero attached hydrogens (tertiary/aromatic N) is 2. The number of carbonyl (C=O) groups excluding carboxylic acids is 1. The molecule has 0 radical (unpaired) electrons. The van der Waals surface area contributed by atoms with Gasteiger partial charge in [-0.3, -0.25) is 14.9 Å². The lowest BCUT2D eigenvalue weighted by molar-refractivity contribution is -0.384. The number of amides is 1. The zero-order chi connectivity index (χ0) is 15.2. The molecule has 1 N–H and O–H groups in total. The van der Waals surface area contributed by atoms with Gasteiger partial charge < -0.3 is 0 Å². The van der Waals surface area contributed by atoms with E-state index in [1.54, 1.807) is 0 Å². The van der Waals surface area contributed by atoms with Crippen LogP contribution in [0.25, 0.3) is 0 Å². The van der Waals surface area contributed by atoms with Crippen molar-refractivity contribution in [2.24, 2.45) is 5.10 Å². The van der Waals surface area contributed by atoms with Crippen molar-refractivity contribution in [3.8, 4) is 0 Å². The Balaban J connectivity index is 1.97. The molecule has 106 valence electrons. The summed E-state index contributed by atoms with van der Waals surface area (Å²) in [6.07, 6.45) is 1.35. The van der Waals surface area contributed by atoms with Gasteiger partial charge in [0.05, 0.1) is 11.1 Å². The van der Waals surface area contributed by atoms with Crippen LogP contribution in [0.15, 0.2) is 53.6 Å². The average molecular weight is 287 g/mol. The number of halogens is 1. The number of hydrogen-bond donors (Lipinski definition) is 1. The van der Waals surface area contributed by atoms with Crippen LogP contribution in [0.1, 0.15) is 15.9 Å². The fourth-order valence-corrected chi connectivity index (χ4v) is 1.51. The molecule has 2 aromatic rings. The number of non-ortho nitro benzene ring substituents is 1. The minimum atomic E-state index is -0.503. The van der Waals surface area contributed by atoms with Gasteiger partial charge in [0.15, 0.2) is 0 Å². The highest BCUT2D eigenvalue weighted by Crippen LogP contribution is 2.10. The van der Waals surface area contributed by atoms with Crippen molar-refractivity contribution in [2.75, 3.05) is 0 Å². The zero-order valence-electron chi connectivity index (χ0n) is 10.7. The molecule has 6 nitrogen and oxygen atoms in total. The summed E-state index contributed by atoms with van der Waals surface area (Å²) in [4.78, 5) is 21.6. The molecule has 2 rings (SSSR count). The van der Waals surface area contributed by atoms with Gasteiger partial charge >= 0.3 is 0 Å². The smallest absolute Gasteiger partial charge is 0.267 e. The highest BCUT2D eigenvalue weighted by molar-refractivity contribution is 5.94. The van der Waals surface area contributed by atoms with E-state index in [1.807, 2.05) is 0 Å².